The van der Waals surface area contributed by atoms with Gasteiger partial charge in [-0.15, -0.1) is 0 Å². The molecular formula is C10H16N2O2. The molecule has 0 spiro atoms. The molecule has 0 aromatic heterocycles. The summed E-state index contributed by atoms with van der Waals surface area (Å²) in [6.45, 7) is 9.78. The van der Waals surface area contributed by atoms with Gasteiger partial charge in [-0.3, -0.25) is 4.90 Å². The summed E-state index contributed by atoms with van der Waals surface area (Å²) in [5.41, 5.74) is 0. The highest BCUT2D eigenvalue weighted by molar-refractivity contribution is 5.73. The number of esters is 1. The average Bonchev–Trinajstić information content (AvgIpc) is 2.20. The quantitative estimate of drug-likeness (QED) is 0.495. The molecule has 78 valence electrons. The second-order valence-corrected chi connectivity index (χ2v) is 3.44. The minimum Gasteiger partial charge on any atom is -0.459 e. The summed E-state index contributed by atoms with van der Waals surface area (Å²) in [5.74, 6) is -0.406. The van der Waals surface area contributed by atoms with Crippen molar-refractivity contribution < 1.29 is 9.53 Å². The molecule has 0 amide bonds. The van der Waals surface area contributed by atoms with E-state index < -0.39 is 5.97 Å². The van der Waals surface area contributed by atoms with Gasteiger partial charge in [-0.25, -0.2) is 11.4 Å². The monoisotopic (exact) mass is 196 g/mol. The fourth-order valence-electron chi connectivity index (χ4n) is 1.58. The fourth-order valence-corrected chi connectivity index (χ4v) is 1.58. The predicted octanol–water partition coefficient (Wildman–Crippen LogP) is 0.935. The Balaban J connectivity index is 2.03. The van der Waals surface area contributed by atoms with Gasteiger partial charge in [0.1, 0.15) is 6.61 Å². The maximum absolute atomic E-state index is 10.8. The lowest BCUT2D eigenvalue weighted by Gasteiger charge is -2.25. The molecule has 1 heterocycles. The minimum absolute atomic E-state index is 0.153. The molecule has 0 N–H and O–H groups in total. The Morgan fingerprint density at radius 3 is 2.71 bits per heavy atom. The van der Waals surface area contributed by atoms with E-state index in [4.69, 9.17) is 11.3 Å². The standard InChI is InChI=1S/C10H16N2O2/c1-11-9-10(13)14-8-7-12-5-3-2-4-6-12/h2-9H2. The highest BCUT2D eigenvalue weighted by atomic mass is 16.5. The van der Waals surface area contributed by atoms with Gasteiger partial charge in [-0.2, -0.15) is 0 Å². The van der Waals surface area contributed by atoms with Crippen LogP contribution in [0.25, 0.3) is 4.85 Å². The predicted molar refractivity (Wildman–Crippen MR) is 52.7 cm³/mol. The van der Waals surface area contributed by atoms with Crippen LogP contribution in [0.4, 0.5) is 0 Å². The molecule has 1 rings (SSSR count). The fraction of sp³-hybridized carbons (Fsp3) is 0.800. The van der Waals surface area contributed by atoms with Crippen LogP contribution in [-0.4, -0.2) is 43.7 Å². The number of piperidine rings is 1. The zero-order valence-electron chi connectivity index (χ0n) is 8.37. The molecule has 1 aliphatic rings. The van der Waals surface area contributed by atoms with E-state index in [9.17, 15) is 4.79 Å². The van der Waals surface area contributed by atoms with E-state index in [0.29, 0.717) is 6.61 Å². The lowest BCUT2D eigenvalue weighted by atomic mass is 10.1. The van der Waals surface area contributed by atoms with Crippen LogP contribution >= 0.6 is 0 Å². The van der Waals surface area contributed by atoms with Crippen molar-refractivity contribution in [2.24, 2.45) is 0 Å². The number of ether oxygens (including phenoxy) is 1. The van der Waals surface area contributed by atoms with Crippen molar-refractivity contribution in [2.75, 3.05) is 32.8 Å². The second kappa shape index (κ2) is 6.39. The third-order valence-corrected chi connectivity index (χ3v) is 2.33. The number of hydrogen-bond acceptors (Lipinski definition) is 3. The topological polar surface area (TPSA) is 33.9 Å². The number of rotatable bonds is 4. The van der Waals surface area contributed by atoms with E-state index in [-0.39, 0.29) is 6.54 Å². The summed E-state index contributed by atoms with van der Waals surface area (Å²) >= 11 is 0. The smallest absolute Gasteiger partial charge is 0.387 e. The van der Waals surface area contributed by atoms with Gasteiger partial charge in [0.25, 0.3) is 0 Å². The van der Waals surface area contributed by atoms with Crippen molar-refractivity contribution >= 4 is 5.97 Å². The Morgan fingerprint density at radius 2 is 2.07 bits per heavy atom. The summed E-state index contributed by atoms with van der Waals surface area (Å²) in [4.78, 5) is 16.1. The highest BCUT2D eigenvalue weighted by Gasteiger charge is 2.11. The zero-order valence-corrected chi connectivity index (χ0v) is 8.37. The molecule has 14 heavy (non-hydrogen) atoms. The van der Waals surface area contributed by atoms with Crippen LogP contribution in [0.15, 0.2) is 0 Å². The minimum atomic E-state index is -0.406. The second-order valence-electron chi connectivity index (χ2n) is 3.44. The molecule has 0 aromatic carbocycles. The first-order chi connectivity index (χ1) is 6.83. The molecule has 0 aromatic rings. The normalized spacial score (nSPS) is 17.4. The first kappa shape index (κ1) is 11.0. The summed E-state index contributed by atoms with van der Waals surface area (Å²) < 4.78 is 4.89. The maximum atomic E-state index is 10.8. The van der Waals surface area contributed by atoms with Crippen molar-refractivity contribution in [2.45, 2.75) is 19.3 Å². The van der Waals surface area contributed by atoms with E-state index in [1.165, 1.54) is 19.3 Å². The molecule has 1 fully saturated rings. The third-order valence-electron chi connectivity index (χ3n) is 2.33. The van der Waals surface area contributed by atoms with Crippen LogP contribution in [0.3, 0.4) is 0 Å². The molecule has 0 saturated carbocycles. The number of likely N-dealkylation sites (tertiary alicyclic amines) is 1. The summed E-state index contributed by atoms with van der Waals surface area (Å²) in [6, 6.07) is 0. The number of nitrogens with zero attached hydrogens (tertiary/aromatic N) is 2. The maximum Gasteiger partial charge on any atom is 0.387 e. The largest absolute Gasteiger partial charge is 0.459 e. The van der Waals surface area contributed by atoms with Crippen LogP contribution in [0.2, 0.25) is 0 Å². The number of carbonyl (C=O) groups excluding carboxylic acids is 1. The molecule has 0 atom stereocenters. The van der Waals surface area contributed by atoms with Crippen LogP contribution in [0.1, 0.15) is 19.3 Å². The molecule has 1 saturated heterocycles. The lowest BCUT2D eigenvalue weighted by Crippen LogP contribution is -2.33. The van der Waals surface area contributed by atoms with Gasteiger partial charge in [0.15, 0.2) is 0 Å². The van der Waals surface area contributed by atoms with Crippen molar-refractivity contribution in [1.29, 1.82) is 0 Å². The summed E-state index contributed by atoms with van der Waals surface area (Å²) in [5, 5.41) is 0. The first-order valence-electron chi connectivity index (χ1n) is 5.04. The molecule has 0 unspecified atom stereocenters. The van der Waals surface area contributed by atoms with E-state index in [1.54, 1.807) is 0 Å². The SMILES string of the molecule is [C-]#[N+]CC(=O)OCCN1CCCCC1. The van der Waals surface area contributed by atoms with Gasteiger partial charge in [-0.1, -0.05) is 6.42 Å². The molecular weight excluding hydrogens is 180 g/mol. The first-order valence-corrected chi connectivity index (χ1v) is 5.04. The summed E-state index contributed by atoms with van der Waals surface area (Å²) in [6.07, 6.45) is 3.81. The number of hydrogen-bond donors (Lipinski definition) is 0. The van der Waals surface area contributed by atoms with Crippen molar-refractivity contribution in [3.63, 3.8) is 0 Å². The zero-order chi connectivity index (χ0) is 10.2. The molecule has 4 nitrogen and oxygen atoms in total. The van der Waals surface area contributed by atoms with E-state index in [2.05, 4.69) is 9.74 Å². The molecule has 1 aliphatic heterocycles. The molecule has 0 radical (unpaired) electrons. The van der Waals surface area contributed by atoms with Crippen LogP contribution in [-0.2, 0) is 9.53 Å². The Kier molecular flexibility index (Phi) is 5.02. The van der Waals surface area contributed by atoms with Crippen LogP contribution in [0.5, 0.6) is 0 Å². The average molecular weight is 196 g/mol. The Morgan fingerprint density at radius 1 is 1.36 bits per heavy atom. The van der Waals surface area contributed by atoms with Crippen LogP contribution < -0.4 is 0 Å². The van der Waals surface area contributed by atoms with Crippen molar-refractivity contribution in [3.8, 4) is 0 Å². The molecule has 0 aliphatic carbocycles. The van der Waals surface area contributed by atoms with E-state index in [1.807, 2.05) is 0 Å². The van der Waals surface area contributed by atoms with E-state index >= 15 is 0 Å². The van der Waals surface area contributed by atoms with Crippen LogP contribution in [0, 0.1) is 6.57 Å². The molecule has 4 heteroatoms. The summed E-state index contributed by atoms with van der Waals surface area (Å²) in [7, 11) is 0. The van der Waals surface area contributed by atoms with Gasteiger partial charge >= 0.3 is 12.5 Å². The molecule has 0 bridgehead atoms. The van der Waals surface area contributed by atoms with Gasteiger partial charge in [0.2, 0.25) is 0 Å². The number of carbonyl (C=O) groups is 1. The van der Waals surface area contributed by atoms with Gasteiger partial charge < -0.3 is 9.58 Å². The third kappa shape index (κ3) is 4.24. The van der Waals surface area contributed by atoms with E-state index in [0.717, 1.165) is 19.6 Å². The highest BCUT2D eigenvalue weighted by Crippen LogP contribution is 2.07. The Bertz CT molecular complexity index is 217. The van der Waals surface area contributed by atoms with Gasteiger partial charge in [0, 0.05) is 6.54 Å². The van der Waals surface area contributed by atoms with Gasteiger partial charge in [0.05, 0.1) is 0 Å². The van der Waals surface area contributed by atoms with Crippen molar-refractivity contribution in [1.82, 2.24) is 4.90 Å². The van der Waals surface area contributed by atoms with Crippen molar-refractivity contribution in [3.05, 3.63) is 11.4 Å². The Labute approximate surface area is 84.7 Å². The van der Waals surface area contributed by atoms with Gasteiger partial charge in [-0.05, 0) is 25.9 Å². The Hall–Kier alpha value is -1.08. The lowest BCUT2D eigenvalue weighted by molar-refractivity contribution is -0.141.